The van der Waals surface area contributed by atoms with E-state index in [-0.39, 0.29) is 0 Å². The van der Waals surface area contributed by atoms with Crippen LogP contribution >= 0.6 is 0 Å². The summed E-state index contributed by atoms with van der Waals surface area (Å²) in [7, 11) is 0. The molecule has 0 spiro atoms. The number of halogens is 1. The number of pyridine rings is 1. The van der Waals surface area contributed by atoms with Gasteiger partial charge in [-0.15, -0.1) is 0 Å². The van der Waals surface area contributed by atoms with E-state index in [1.54, 1.807) is 12.4 Å². The minimum Gasteiger partial charge on any atom is -0.316 e. The predicted molar refractivity (Wildman–Crippen MR) is 53.9 cm³/mol. The molecule has 0 aromatic carbocycles. The van der Waals surface area contributed by atoms with Crippen LogP contribution in [0, 0.1) is 6.92 Å². The number of aromatic nitrogens is 1. The maximum Gasteiger partial charge on any atom is 0.139 e. The van der Waals surface area contributed by atoms with Crippen LogP contribution in [-0.4, -0.2) is 18.1 Å². The second-order valence-electron chi connectivity index (χ2n) is 3.97. The molecule has 0 atom stereocenters. The lowest BCUT2D eigenvalue weighted by Gasteiger charge is -2.30. The highest BCUT2D eigenvalue weighted by atomic mass is 19.1. The highest BCUT2D eigenvalue weighted by Crippen LogP contribution is 2.34. The fraction of sp³-hybridized carbons (Fsp3) is 0.545. The minimum absolute atomic E-state index is 0.554. The fourth-order valence-electron chi connectivity index (χ4n) is 1.91. The third-order valence-corrected chi connectivity index (χ3v) is 2.79. The molecular formula is C11H15FN2. The molecule has 1 aliphatic heterocycles. The molecule has 0 bridgehead atoms. The van der Waals surface area contributed by atoms with Crippen LogP contribution in [0.1, 0.15) is 24.0 Å². The largest absolute Gasteiger partial charge is 0.316 e. The summed E-state index contributed by atoms with van der Waals surface area (Å²) in [4.78, 5) is 4.04. The molecule has 14 heavy (non-hydrogen) atoms. The number of nitrogens with zero attached hydrogens (tertiary/aromatic N) is 1. The van der Waals surface area contributed by atoms with Crippen LogP contribution in [0.3, 0.4) is 0 Å². The first kappa shape index (κ1) is 9.59. The lowest BCUT2D eigenvalue weighted by Crippen LogP contribution is -2.36. The number of alkyl halides is 1. The van der Waals surface area contributed by atoms with Crippen LogP contribution in [0.4, 0.5) is 4.39 Å². The van der Waals surface area contributed by atoms with Gasteiger partial charge in [-0.2, -0.15) is 0 Å². The molecular weight excluding hydrogens is 179 g/mol. The molecule has 2 nitrogen and oxygen atoms in total. The van der Waals surface area contributed by atoms with E-state index in [4.69, 9.17) is 0 Å². The number of rotatable bonds is 1. The Morgan fingerprint density at radius 1 is 1.36 bits per heavy atom. The molecule has 0 unspecified atom stereocenters. The SMILES string of the molecule is Cc1cncc(C2(F)CCNCC2)c1. The Morgan fingerprint density at radius 3 is 2.71 bits per heavy atom. The van der Waals surface area contributed by atoms with Crippen molar-refractivity contribution in [1.82, 2.24) is 10.3 Å². The van der Waals surface area contributed by atoms with Gasteiger partial charge in [0.05, 0.1) is 0 Å². The van der Waals surface area contributed by atoms with E-state index in [9.17, 15) is 4.39 Å². The van der Waals surface area contributed by atoms with Crippen LogP contribution in [0.25, 0.3) is 0 Å². The summed E-state index contributed by atoms with van der Waals surface area (Å²) in [5.74, 6) is 0. The monoisotopic (exact) mass is 194 g/mol. The summed E-state index contributed by atoms with van der Waals surface area (Å²) in [6.07, 6.45) is 4.52. The van der Waals surface area contributed by atoms with E-state index in [0.29, 0.717) is 12.8 Å². The summed E-state index contributed by atoms with van der Waals surface area (Å²) >= 11 is 0. The van der Waals surface area contributed by atoms with Crippen molar-refractivity contribution >= 4 is 0 Å². The molecule has 0 saturated carbocycles. The molecule has 1 aromatic heterocycles. The molecule has 0 aliphatic carbocycles. The molecule has 1 saturated heterocycles. The lowest BCUT2D eigenvalue weighted by atomic mass is 9.87. The quantitative estimate of drug-likeness (QED) is 0.739. The van der Waals surface area contributed by atoms with Gasteiger partial charge in [-0.1, -0.05) is 0 Å². The van der Waals surface area contributed by atoms with Crippen LogP contribution in [0.5, 0.6) is 0 Å². The van der Waals surface area contributed by atoms with Gasteiger partial charge in [0.25, 0.3) is 0 Å². The van der Waals surface area contributed by atoms with Crippen LogP contribution < -0.4 is 5.32 Å². The standard InChI is InChI=1S/C11H15FN2/c1-9-6-10(8-14-7-9)11(12)2-4-13-5-3-11/h6-8,13H,2-5H2,1H3. The Balaban J connectivity index is 2.28. The summed E-state index contributed by atoms with van der Waals surface area (Å²) < 4.78 is 14.4. The van der Waals surface area contributed by atoms with Crippen molar-refractivity contribution in [1.29, 1.82) is 0 Å². The van der Waals surface area contributed by atoms with Gasteiger partial charge in [-0.05, 0) is 44.5 Å². The third kappa shape index (κ3) is 1.77. The average Bonchev–Trinajstić information content (AvgIpc) is 2.19. The van der Waals surface area contributed by atoms with E-state index in [0.717, 1.165) is 24.2 Å². The molecule has 3 heteroatoms. The van der Waals surface area contributed by atoms with E-state index in [1.807, 2.05) is 13.0 Å². The topological polar surface area (TPSA) is 24.9 Å². The Morgan fingerprint density at radius 2 is 2.07 bits per heavy atom. The maximum absolute atomic E-state index is 14.4. The molecule has 1 aromatic rings. The van der Waals surface area contributed by atoms with Crippen molar-refractivity contribution in [3.8, 4) is 0 Å². The number of aryl methyl sites for hydroxylation is 1. The predicted octanol–water partition coefficient (Wildman–Crippen LogP) is 1.94. The zero-order chi connectivity index (χ0) is 10.0. The first-order valence-corrected chi connectivity index (χ1v) is 5.02. The van der Waals surface area contributed by atoms with Crippen molar-refractivity contribution in [2.24, 2.45) is 0 Å². The second-order valence-corrected chi connectivity index (χ2v) is 3.97. The molecule has 76 valence electrons. The van der Waals surface area contributed by atoms with Gasteiger partial charge < -0.3 is 5.32 Å². The minimum atomic E-state index is -1.16. The Labute approximate surface area is 83.6 Å². The van der Waals surface area contributed by atoms with Crippen LogP contribution in [0.15, 0.2) is 18.5 Å². The first-order valence-electron chi connectivity index (χ1n) is 5.02. The van der Waals surface area contributed by atoms with Crippen LogP contribution in [-0.2, 0) is 5.67 Å². The van der Waals surface area contributed by atoms with Gasteiger partial charge in [-0.25, -0.2) is 4.39 Å². The average molecular weight is 194 g/mol. The summed E-state index contributed by atoms with van der Waals surface area (Å²) in [6.45, 7) is 3.45. The molecule has 2 heterocycles. The Hall–Kier alpha value is -0.960. The van der Waals surface area contributed by atoms with Crippen molar-refractivity contribution in [2.45, 2.75) is 25.4 Å². The lowest BCUT2D eigenvalue weighted by molar-refractivity contribution is 0.115. The maximum atomic E-state index is 14.4. The van der Waals surface area contributed by atoms with E-state index in [2.05, 4.69) is 10.3 Å². The highest BCUT2D eigenvalue weighted by molar-refractivity contribution is 5.23. The molecule has 0 radical (unpaired) electrons. The van der Waals surface area contributed by atoms with Crippen molar-refractivity contribution in [2.75, 3.05) is 13.1 Å². The van der Waals surface area contributed by atoms with E-state index >= 15 is 0 Å². The van der Waals surface area contributed by atoms with E-state index < -0.39 is 5.67 Å². The second kappa shape index (κ2) is 3.65. The zero-order valence-electron chi connectivity index (χ0n) is 8.39. The normalized spacial score (nSPS) is 20.7. The van der Waals surface area contributed by atoms with Crippen molar-refractivity contribution in [3.63, 3.8) is 0 Å². The van der Waals surface area contributed by atoms with Crippen molar-refractivity contribution < 1.29 is 4.39 Å². The molecule has 1 fully saturated rings. The van der Waals surface area contributed by atoms with Gasteiger partial charge in [0, 0.05) is 18.0 Å². The van der Waals surface area contributed by atoms with Gasteiger partial charge in [0.1, 0.15) is 5.67 Å². The molecule has 1 N–H and O–H groups in total. The Bertz CT molecular complexity index is 319. The number of nitrogens with one attached hydrogen (secondary N) is 1. The molecule has 0 amide bonds. The van der Waals surface area contributed by atoms with Gasteiger partial charge in [0.2, 0.25) is 0 Å². The molecule has 2 rings (SSSR count). The number of hydrogen-bond donors (Lipinski definition) is 1. The summed E-state index contributed by atoms with van der Waals surface area (Å²) in [5, 5.41) is 3.16. The van der Waals surface area contributed by atoms with Crippen molar-refractivity contribution in [3.05, 3.63) is 29.6 Å². The first-order chi connectivity index (χ1) is 6.71. The zero-order valence-corrected chi connectivity index (χ0v) is 8.39. The number of hydrogen-bond acceptors (Lipinski definition) is 2. The van der Waals surface area contributed by atoms with E-state index in [1.165, 1.54) is 0 Å². The van der Waals surface area contributed by atoms with Gasteiger partial charge in [0.15, 0.2) is 0 Å². The van der Waals surface area contributed by atoms with Crippen LogP contribution in [0.2, 0.25) is 0 Å². The fourth-order valence-corrected chi connectivity index (χ4v) is 1.91. The summed E-state index contributed by atoms with van der Waals surface area (Å²) in [6, 6.07) is 1.90. The highest BCUT2D eigenvalue weighted by Gasteiger charge is 2.33. The molecule has 1 aliphatic rings. The smallest absolute Gasteiger partial charge is 0.139 e. The van der Waals surface area contributed by atoms with Gasteiger partial charge >= 0.3 is 0 Å². The number of piperidine rings is 1. The Kier molecular flexibility index (Phi) is 2.50. The third-order valence-electron chi connectivity index (χ3n) is 2.79. The summed E-state index contributed by atoms with van der Waals surface area (Å²) in [5.41, 5.74) is 0.599. The van der Waals surface area contributed by atoms with Gasteiger partial charge in [-0.3, -0.25) is 4.98 Å².